The smallest absolute Gasteiger partial charge is 0.143 e. The van der Waals surface area contributed by atoms with Gasteiger partial charge in [0.15, 0.2) is 0 Å². The number of hydrogen-bond acceptors (Lipinski definition) is 2. The molecule has 0 rings (SSSR count). The van der Waals surface area contributed by atoms with Gasteiger partial charge in [0.2, 0.25) is 0 Å². The lowest BCUT2D eigenvalue weighted by Crippen LogP contribution is -2.36. The van der Waals surface area contributed by atoms with Gasteiger partial charge in [0.25, 0.3) is 0 Å². The molecule has 0 spiro atoms. The van der Waals surface area contributed by atoms with Crippen LogP contribution in [0.4, 0.5) is 0 Å². The van der Waals surface area contributed by atoms with E-state index in [9.17, 15) is 9.90 Å². The van der Waals surface area contributed by atoms with Gasteiger partial charge in [-0.1, -0.05) is 491 Å². The third-order valence-corrected chi connectivity index (χ3v) is 21.0. The fourth-order valence-electron chi connectivity index (χ4n) is 14.3. The van der Waals surface area contributed by atoms with Gasteiger partial charge in [0.1, 0.15) is 5.78 Å². The Labute approximate surface area is 584 Å². The van der Waals surface area contributed by atoms with E-state index >= 15 is 0 Å². The van der Waals surface area contributed by atoms with Crippen LogP contribution in [0.2, 0.25) is 0 Å². The highest BCUT2D eigenvalue weighted by molar-refractivity contribution is 5.86. The zero-order valence-corrected chi connectivity index (χ0v) is 65.7. The van der Waals surface area contributed by atoms with Crippen LogP contribution in [0.15, 0.2) is 24.3 Å². The zero-order chi connectivity index (χ0) is 67.4. The first-order chi connectivity index (χ1) is 45.0. The average molecular weight is 1290 g/mol. The fourth-order valence-corrected chi connectivity index (χ4v) is 14.3. The molecule has 2 nitrogen and oxygen atoms in total. The summed E-state index contributed by atoms with van der Waals surface area (Å²) in [5.41, 5.74) is -0.372. The van der Waals surface area contributed by atoms with Crippen LogP contribution in [0.5, 0.6) is 0 Å². The highest BCUT2D eigenvalue weighted by Crippen LogP contribution is 2.30. The molecule has 0 aliphatic heterocycles. The normalized spacial score (nSPS) is 13.4. The number of aliphatic hydroxyl groups is 1. The SMILES string of the molecule is CCCCC/C=C/C(C)CCCCCCCCCCCCCCCCCCCC(O)C(CCCCCCCCCCCCCCCCCCCC)C(=O)C(C)(C)C.CCCCCCCCCCCCCCCCCCCCCC/C=C/C(C)CCCCCCCCC. The molecular formula is C90H178O2. The largest absolute Gasteiger partial charge is 0.392 e. The van der Waals surface area contributed by atoms with Crippen molar-refractivity contribution in [3.05, 3.63) is 24.3 Å². The number of Topliss-reactive ketones (excluding diaryl/α,β-unsaturated/α-hetero) is 1. The summed E-state index contributed by atoms with van der Waals surface area (Å²) < 4.78 is 0. The minimum Gasteiger partial charge on any atom is -0.392 e. The van der Waals surface area contributed by atoms with Gasteiger partial charge >= 0.3 is 0 Å². The van der Waals surface area contributed by atoms with E-state index in [1.807, 2.05) is 20.8 Å². The van der Waals surface area contributed by atoms with Gasteiger partial charge in [-0.3, -0.25) is 4.79 Å². The summed E-state index contributed by atoms with van der Waals surface area (Å²) in [5, 5.41) is 11.2. The lowest BCUT2D eigenvalue weighted by molar-refractivity contribution is -0.134. The van der Waals surface area contributed by atoms with Crippen molar-refractivity contribution in [2.45, 2.75) is 524 Å². The van der Waals surface area contributed by atoms with Gasteiger partial charge in [-0.25, -0.2) is 0 Å². The van der Waals surface area contributed by atoms with E-state index in [-0.39, 0.29) is 17.1 Å². The molecule has 0 radical (unpaired) electrons. The molecular weight excluding hydrogens is 1110 g/mol. The standard InChI is InChI=1S/C55H108O2.C35H70/c1-7-9-11-13-14-15-16-17-18-19-22-25-28-31-34-37-41-45-49-52(54(57)55(4,5)6)53(56)50-46-42-38-35-32-29-26-23-20-21-24-27-30-33-36-40-44-48-51(3)47-43-39-12-10-8-2;1-4-6-8-10-12-13-14-15-16-17-18-19-20-21-22-23-24-25-26-28-30-32-34-35(3)33-31-29-27-11-9-7-5-2/h43,47,51-53,56H,7-42,44-46,48-50H2,1-6H3;32,34-35H,4-31,33H2,1-3H3/b47-43+;34-32+. The summed E-state index contributed by atoms with van der Waals surface area (Å²) in [7, 11) is 0. The number of allylic oxidation sites excluding steroid dienone is 4. The molecule has 0 heterocycles. The molecule has 2 heteroatoms. The molecule has 0 aliphatic carbocycles. The Kier molecular flexibility index (Phi) is 80.1. The molecule has 0 saturated heterocycles. The van der Waals surface area contributed by atoms with E-state index in [0.29, 0.717) is 0 Å². The number of carbonyl (C=O) groups is 1. The molecule has 0 fully saturated rings. The average Bonchev–Trinajstić information content (AvgIpc) is 1.85. The maximum Gasteiger partial charge on any atom is 0.143 e. The molecule has 1 N–H and O–H groups in total. The Bertz CT molecular complexity index is 1400. The molecule has 0 aromatic carbocycles. The Morgan fingerprint density at radius 1 is 0.261 bits per heavy atom. The number of rotatable bonds is 76. The van der Waals surface area contributed by atoms with Crippen LogP contribution in [0.3, 0.4) is 0 Å². The number of ketones is 1. The van der Waals surface area contributed by atoms with Crippen LogP contribution in [0, 0.1) is 23.2 Å². The fraction of sp³-hybridized carbons (Fsp3) is 0.944. The summed E-state index contributed by atoms with van der Waals surface area (Å²) >= 11 is 0. The molecule has 92 heavy (non-hydrogen) atoms. The van der Waals surface area contributed by atoms with E-state index in [0.717, 1.165) is 37.5 Å². The van der Waals surface area contributed by atoms with Crippen LogP contribution in [0.25, 0.3) is 0 Å². The number of aliphatic hydroxyl groups excluding tert-OH is 1. The van der Waals surface area contributed by atoms with Gasteiger partial charge in [-0.05, 0) is 63.2 Å². The predicted octanol–water partition coefficient (Wildman–Crippen LogP) is 32.7. The van der Waals surface area contributed by atoms with Gasteiger partial charge in [0, 0.05) is 11.3 Å². The first-order valence-corrected chi connectivity index (χ1v) is 43.6. The monoisotopic (exact) mass is 1290 g/mol. The topological polar surface area (TPSA) is 37.3 Å². The molecule has 550 valence electrons. The summed E-state index contributed by atoms with van der Waals surface area (Å²) in [4.78, 5) is 13.3. The Balaban J connectivity index is 0. The minimum atomic E-state index is -0.464. The van der Waals surface area contributed by atoms with Crippen molar-refractivity contribution >= 4 is 5.78 Å². The van der Waals surface area contributed by atoms with E-state index in [1.165, 1.54) is 430 Å². The van der Waals surface area contributed by atoms with Gasteiger partial charge in [-0.2, -0.15) is 0 Å². The Morgan fingerprint density at radius 2 is 0.435 bits per heavy atom. The lowest BCUT2D eigenvalue weighted by Gasteiger charge is -2.28. The second-order valence-corrected chi connectivity index (χ2v) is 31.9. The molecule has 0 aromatic rings. The number of unbranched alkanes of at least 4 members (excludes halogenated alkanes) is 62. The van der Waals surface area contributed by atoms with Crippen molar-refractivity contribution in [1.82, 2.24) is 0 Å². The second-order valence-electron chi connectivity index (χ2n) is 31.9. The Hall–Kier alpha value is -0.890. The van der Waals surface area contributed by atoms with Crippen LogP contribution in [-0.4, -0.2) is 17.0 Å². The molecule has 0 bridgehead atoms. The quantitative estimate of drug-likeness (QED) is 0.0487. The van der Waals surface area contributed by atoms with Gasteiger partial charge < -0.3 is 5.11 Å². The molecule has 0 amide bonds. The third-order valence-electron chi connectivity index (χ3n) is 21.0. The van der Waals surface area contributed by atoms with E-state index in [1.54, 1.807) is 0 Å². The summed E-state index contributed by atoms with van der Waals surface area (Å²) in [6, 6.07) is 0. The molecule has 4 atom stereocenters. The van der Waals surface area contributed by atoms with Crippen molar-refractivity contribution in [3.63, 3.8) is 0 Å². The third kappa shape index (κ3) is 76.5. The maximum atomic E-state index is 13.3. The highest BCUT2D eigenvalue weighted by Gasteiger charge is 2.33. The molecule has 0 aliphatic rings. The summed E-state index contributed by atoms with van der Waals surface area (Å²) in [5.74, 6) is 1.65. The van der Waals surface area contributed by atoms with E-state index in [4.69, 9.17) is 0 Å². The zero-order valence-electron chi connectivity index (χ0n) is 65.7. The van der Waals surface area contributed by atoms with Crippen molar-refractivity contribution in [2.75, 3.05) is 0 Å². The summed E-state index contributed by atoms with van der Waals surface area (Å²) in [6.07, 6.45) is 108. The van der Waals surface area contributed by atoms with E-state index < -0.39 is 6.10 Å². The number of carbonyl (C=O) groups excluding carboxylic acids is 1. The van der Waals surface area contributed by atoms with Crippen molar-refractivity contribution < 1.29 is 9.90 Å². The summed E-state index contributed by atoms with van der Waals surface area (Å²) in [6.45, 7) is 20.1. The van der Waals surface area contributed by atoms with Crippen LogP contribution >= 0.6 is 0 Å². The first kappa shape index (κ1) is 93.2. The second kappa shape index (κ2) is 79.1. The predicted molar refractivity (Wildman–Crippen MR) is 421 cm³/mol. The first-order valence-electron chi connectivity index (χ1n) is 43.6. The molecule has 0 saturated carbocycles. The Morgan fingerprint density at radius 3 is 0.663 bits per heavy atom. The molecule has 4 unspecified atom stereocenters. The van der Waals surface area contributed by atoms with Crippen molar-refractivity contribution in [1.29, 1.82) is 0 Å². The molecule has 0 aromatic heterocycles. The lowest BCUT2D eigenvalue weighted by atomic mass is 9.77. The van der Waals surface area contributed by atoms with Crippen LogP contribution in [-0.2, 0) is 4.79 Å². The van der Waals surface area contributed by atoms with Crippen LogP contribution < -0.4 is 0 Å². The van der Waals surface area contributed by atoms with E-state index in [2.05, 4.69) is 65.8 Å². The van der Waals surface area contributed by atoms with Gasteiger partial charge in [-0.15, -0.1) is 0 Å². The van der Waals surface area contributed by atoms with Crippen molar-refractivity contribution in [2.24, 2.45) is 23.2 Å². The maximum absolute atomic E-state index is 13.3. The highest BCUT2D eigenvalue weighted by atomic mass is 16.3. The van der Waals surface area contributed by atoms with Crippen molar-refractivity contribution in [3.8, 4) is 0 Å². The number of hydrogen-bond donors (Lipinski definition) is 1. The van der Waals surface area contributed by atoms with Crippen LogP contribution in [0.1, 0.15) is 518 Å². The minimum absolute atomic E-state index is 0.178. The van der Waals surface area contributed by atoms with Gasteiger partial charge in [0.05, 0.1) is 6.10 Å².